The maximum atomic E-state index is 5.06. The van der Waals surface area contributed by atoms with Gasteiger partial charge in [0.25, 0.3) is 0 Å². The predicted octanol–water partition coefficient (Wildman–Crippen LogP) is -3.24. The third-order valence-corrected chi connectivity index (χ3v) is 0. The molecule has 0 radical (unpaired) electrons. The minimum Gasteiger partial charge on any atom is 1.00 e. The van der Waals surface area contributed by atoms with Crippen LogP contribution in [0.15, 0.2) is 0 Å². The minimum atomic E-state index is -3.50. The van der Waals surface area contributed by atoms with Crippen LogP contribution in [-0.4, -0.2) is 0 Å². The van der Waals surface area contributed by atoms with Crippen molar-refractivity contribution in [1.82, 2.24) is 0 Å². The molecule has 0 fully saturated rings. The van der Waals surface area contributed by atoms with Crippen LogP contribution in [0.4, 0.5) is 0 Å². The smallest absolute Gasteiger partial charge is 1.00 e. The first kappa shape index (κ1) is 17.3. The van der Waals surface area contributed by atoms with Crippen LogP contribution in [0.5, 0.6) is 0 Å². The monoisotopic (exact) mass is 388 g/mol. The van der Waals surface area contributed by atoms with Crippen LogP contribution < -0.4 is 59.1 Å². The first-order valence-electron chi connectivity index (χ1n) is 1.07. The molecular weight excluding hydrogens is 388 g/mol. The van der Waals surface area contributed by atoms with Gasteiger partial charge in [-0.2, -0.15) is 0 Å². The summed E-state index contributed by atoms with van der Waals surface area (Å²) < 4.78 is 0. The van der Waals surface area contributed by atoms with E-state index in [1.807, 2.05) is 0 Å². The zero-order chi connectivity index (χ0) is 4.50. The summed E-state index contributed by atoms with van der Waals surface area (Å²) in [5.41, 5.74) is 0. The van der Waals surface area contributed by atoms with Crippen molar-refractivity contribution in [3.8, 4) is 0 Å². The van der Waals surface area contributed by atoms with E-state index in [1.165, 1.54) is 0 Å². The normalized spacial score (nSPS) is 8.57. The van der Waals surface area contributed by atoms with Gasteiger partial charge in [-0.15, -0.1) is 0 Å². The molecule has 7 heteroatoms. The molecule has 0 N–H and O–H groups in total. The molecule has 7 heavy (non-hydrogen) atoms. The van der Waals surface area contributed by atoms with Gasteiger partial charge in [-0.25, -0.2) is 0 Å². The topological polar surface area (TPSA) is 0 Å². The fourth-order valence-corrected chi connectivity index (χ4v) is 0. The molecule has 0 saturated heterocycles. The van der Waals surface area contributed by atoms with Crippen LogP contribution in [0.3, 0.4) is 0 Å². The van der Waals surface area contributed by atoms with E-state index in [0.29, 0.717) is 0 Å². The average Bonchev–Trinajstić information content (AvgIpc) is 0.722. The Morgan fingerprint density at radius 2 is 0.714 bits per heavy atom. The van der Waals surface area contributed by atoms with Gasteiger partial charge in [0.1, 0.15) is 0 Å². The second-order valence-electron chi connectivity index (χ2n) is 0.606. The summed E-state index contributed by atoms with van der Waals surface area (Å²) in [6.07, 6.45) is 0. The molecule has 0 aromatic rings. The predicted molar refractivity (Wildman–Crippen MR) is 23.4 cm³/mol. The molecule has 0 spiro atoms. The van der Waals surface area contributed by atoms with Gasteiger partial charge in [-0.05, 0) is 0 Å². The van der Waals surface area contributed by atoms with Gasteiger partial charge < -0.3 is 0 Å². The van der Waals surface area contributed by atoms with E-state index in [4.69, 9.17) is 33.0 Å². The zero-order valence-corrected chi connectivity index (χ0v) is 16.7. The van der Waals surface area contributed by atoms with Crippen molar-refractivity contribution >= 4 is 33.0 Å². The molecule has 0 amide bonds. The van der Waals surface area contributed by atoms with Gasteiger partial charge in [0.15, 0.2) is 0 Å². The Kier molecular flexibility index (Phi) is 20.2. The zero-order valence-electron chi connectivity index (χ0n) is 4.22. The standard InChI is InChI=1S/4ClH.Hg.2Na/h4*1H;;;/q;;;;+2;2*+1/p-4. The van der Waals surface area contributed by atoms with Crippen molar-refractivity contribution in [1.29, 1.82) is 0 Å². The molecule has 0 aliphatic rings. The number of hydrogen-bond acceptors (Lipinski definition) is 0. The van der Waals surface area contributed by atoms with Crippen molar-refractivity contribution in [2.24, 2.45) is 0 Å². The maximum Gasteiger partial charge on any atom is 1.00 e. The van der Waals surface area contributed by atoms with Crippen LogP contribution in [0.25, 0.3) is 0 Å². The van der Waals surface area contributed by atoms with E-state index in [-0.39, 0.29) is 59.1 Å². The van der Waals surface area contributed by atoms with Crippen LogP contribution >= 0.6 is 33.0 Å². The summed E-state index contributed by atoms with van der Waals surface area (Å²) >= 11 is -3.50. The Morgan fingerprint density at radius 1 is 0.714 bits per heavy atom. The summed E-state index contributed by atoms with van der Waals surface area (Å²) in [5, 5.41) is 0. The average molecular weight is 388 g/mol. The van der Waals surface area contributed by atoms with Gasteiger partial charge >= 0.3 is 109 Å². The fraction of sp³-hybridized carbons (Fsp3) is 0. The van der Waals surface area contributed by atoms with Gasteiger partial charge in [0, 0.05) is 0 Å². The van der Waals surface area contributed by atoms with Crippen LogP contribution in [-0.2, 0) is 16.5 Å². The summed E-state index contributed by atoms with van der Waals surface area (Å²) in [5.74, 6) is 0. The molecule has 0 aromatic heterocycles. The molecular formula is Cl4HgNa2. The summed E-state index contributed by atoms with van der Waals surface area (Å²) in [6.45, 7) is 0. The number of rotatable bonds is 0. The molecule has 0 bridgehead atoms. The van der Waals surface area contributed by atoms with Crippen molar-refractivity contribution in [2.75, 3.05) is 0 Å². The Morgan fingerprint density at radius 3 is 0.714 bits per heavy atom. The van der Waals surface area contributed by atoms with Crippen molar-refractivity contribution in [2.45, 2.75) is 0 Å². The van der Waals surface area contributed by atoms with Crippen LogP contribution in [0.2, 0.25) is 0 Å². The molecule has 0 aromatic carbocycles. The van der Waals surface area contributed by atoms with Gasteiger partial charge in [0.2, 0.25) is 0 Å². The third-order valence-electron chi connectivity index (χ3n) is 0. The third kappa shape index (κ3) is 39.4. The minimum absolute atomic E-state index is 0. The molecule has 0 aliphatic carbocycles. The Hall–Kier alpha value is 4.10. The van der Waals surface area contributed by atoms with Crippen molar-refractivity contribution in [3.63, 3.8) is 0 Å². The second kappa shape index (κ2) is 8.19. The molecule has 0 atom stereocenters. The molecule has 0 aliphatic heterocycles. The molecule has 0 rings (SSSR count). The summed E-state index contributed by atoms with van der Waals surface area (Å²) in [4.78, 5) is 0. The van der Waals surface area contributed by atoms with Gasteiger partial charge in [-0.3, -0.25) is 0 Å². The van der Waals surface area contributed by atoms with E-state index >= 15 is 0 Å². The molecule has 0 saturated carbocycles. The quantitative estimate of drug-likeness (QED) is 0.383. The Balaban J connectivity index is -0.0000000800. The van der Waals surface area contributed by atoms with Crippen molar-refractivity contribution in [3.05, 3.63) is 0 Å². The van der Waals surface area contributed by atoms with E-state index in [2.05, 4.69) is 0 Å². The Bertz CT molecular complexity index is 25.2. The first-order valence-corrected chi connectivity index (χ1v) is 28.1. The van der Waals surface area contributed by atoms with E-state index in [0.717, 1.165) is 0 Å². The van der Waals surface area contributed by atoms with E-state index in [1.54, 1.807) is 0 Å². The van der Waals surface area contributed by atoms with Gasteiger partial charge in [0.05, 0.1) is 0 Å². The van der Waals surface area contributed by atoms with E-state index < -0.39 is 16.5 Å². The molecule has 0 heterocycles. The van der Waals surface area contributed by atoms with E-state index in [9.17, 15) is 0 Å². The molecule has 0 unspecified atom stereocenters. The number of hydrogen-bond donors (Lipinski definition) is 0. The second-order valence-corrected chi connectivity index (χ2v) is 47.9. The fourth-order valence-electron chi connectivity index (χ4n) is 0. The SMILES string of the molecule is [Cl][Hg-2]([Cl])([Cl])[Cl].[Na+].[Na+]. The largest absolute Gasteiger partial charge is 1.00 e. The Labute approximate surface area is 106 Å². The van der Waals surface area contributed by atoms with Gasteiger partial charge in [-0.1, -0.05) is 0 Å². The maximum absolute atomic E-state index is 5.06. The van der Waals surface area contributed by atoms with Crippen LogP contribution in [0.1, 0.15) is 0 Å². The first-order chi connectivity index (χ1) is 2.00. The molecule has 0 nitrogen and oxygen atoms in total. The summed E-state index contributed by atoms with van der Waals surface area (Å²) in [7, 11) is 20.2. The number of halogens is 4. The van der Waals surface area contributed by atoms with Crippen LogP contribution in [0, 0.1) is 0 Å². The molecule has 32 valence electrons. The van der Waals surface area contributed by atoms with Crippen molar-refractivity contribution < 1.29 is 75.7 Å². The summed E-state index contributed by atoms with van der Waals surface area (Å²) in [6, 6.07) is 0.